The average Bonchev–Trinajstić information content (AvgIpc) is 3.30. The first-order chi connectivity index (χ1) is 13.4. The molecule has 0 aliphatic carbocycles. The lowest BCUT2D eigenvalue weighted by Crippen LogP contribution is -2.50. The summed E-state index contributed by atoms with van der Waals surface area (Å²) in [6.45, 7) is 2.97. The van der Waals surface area contributed by atoms with Crippen LogP contribution in [0.1, 0.15) is 41.1 Å². The summed E-state index contributed by atoms with van der Waals surface area (Å²) < 4.78 is 32.7. The van der Waals surface area contributed by atoms with Gasteiger partial charge < -0.3 is 14.2 Å². The normalized spacial score (nSPS) is 22.3. The molecule has 0 saturated carbocycles. The van der Waals surface area contributed by atoms with E-state index in [1.165, 1.54) is 18.5 Å². The van der Waals surface area contributed by atoms with Crippen molar-refractivity contribution in [2.75, 3.05) is 19.6 Å². The number of nitrogens with zero attached hydrogens (tertiary/aromatic N) is 3. The van der Waals surface area contributed by atoms with Crippen molar-refractivity contribution in [1.82, 2.24) is 14.8 Å². The fourth-order valence-electron chi connectivity index (χ4n) is 4.25. The van der Waals surface area contributed by atoms with Gasteiger partial charge in [0.05, 0.1) is 11.1 Å². The molecule has 28 heavy (non-hydrogen) atoms. The van der Waals surface area contributed by atoms with Gasteiger partial charge in [0.15, 0.2) is 18.0 Å². The summed E-state index contributed by atoms with van der Waals surface area (Å²) in [5.74, 6) is -2.02. The predicted molar refractivity (Wildman–Crippen MR) is 95.2 cm³/mol. The van der Waals surface area contributed by atoms with Crippen molar-refractivity contribution in [3.05, 3.63) is 53.2 Å². The number of oxazole rings is 1. The molecule has 148 valence electrons. The van der Waals surface area contributed by atoms with Crippen LogP contribution in [0.15, 0.2) is 29.0 Å². The van der Waals surface area contributed by atoms with Gasteiger partial charge in [-0.3, -0.25) is 9.59 Å². The van der Waals surface area contributed by atoms with Gasteiger partial charge >= 0.3 is 0 Å². The van der Waals surface area contributed by atoms with Crippen molar-refractivity contribution in [2.24, 2.45) is 5.41 Å². The van der Waals surface area contributed by atoms with Gasteiger partial charge in [0.1, 0.15) is 0 Å². The first-order valence-corrected chi connectivity index (χ1v) is 9.33. The highest BCUT2D eigenvalue weighted by molar-refractivity contribution is 5.94. The number of carbonyl (C=O) groups is 2. The maximum Gasteiger partial charge on any atom is 0.291 e. The molecule has 0 bridgehead atoms. The second-order valence-electron chi connectivity index (χ2n) is 7.57. The van der Waals surface area contributed by atoms with Crippen LogP contribution in [0.3, 0.4) is 0 Å². The molecule has 1 aromatic heterocycles. The minimum atomic E-state index is -0.920. The largest absolute Gasteiger partial charge is 0.438 e. The van der Waals surface area contributed by atoms with E-state index >= 15 is 0 Å². The molecule has 1 atom stereocenters. The molecule has 1 spiro atoms. The Hall–Kier alpha value is -2.77. The maximum absolute atomic E-state index is 14.0. The number of halogens is 2. The highest BCUT2D eigenvalue weighted by Gasteiger charge is 2.49. The van der Waals surface area contributed by atoms with E-state index in [4.69, 9.17) is 4.42 Å². The SMILES string of the molecule is Cc1ncoc1C(=O)N1CC[C@]2(CCCN(Cc3cccc(F)c3F)C2=O)C1. The number of benzene rings is 1. The van der Waals surface area contributed by atoms with E-state index in [9.17, 15) is 18.4 Å². The highest BCUT2D eigenvalue weighted by Crippen LogP contribution is 2.41. The van der Waals surface area contributed by atoms with E-state index in [-0.39, 0.29) is 29.7 Å². The van der Waals surface area contributed by atoms with E-state index in [1.54, 1.807) is 16.7 Å². The molecular formula is C20H21F2N3O3. The fourth-order valence-corrected chi connectivity index (χ4v) is 4.25. The lowest BCUT2D eigenvalue weighted by molar-refractivity contribution is -0.146. The number of piperidine rings is 1. The lowest BCUT2D eigenvalue weighted by atomic mass is 9.78. The average molecular weight is 389 g/mol. The van der Waals surface area contributed by atoms with Gasteiger partial charge in [0, 0.05) is 31.7 Å². The van der Waals surface area contributed by atoms with Crippen LogP contribution in [0.25, 0.3) is 0 Å². The van der Waals surface area contributed by atoms with E-state index in [2.05, 4.69) is 4.98 Å². The Morgan fingerprint density at radius 2 is 2.11 bits per heavy atom. The summed E-state index contributed by atoms with van der Waals surface area (Å²) in [5.41, 5.74) is 0.00350. The van der Waals surface area contributed by atoms with Crippen LogP contribution in [-0.4, -0.2) is 46.2 Å². The first kappa shape index (κ1) is 18.6. The Kier molecular flexibility index (Phi) is 4.64. The predicted octanol–water partition coefficient (Wildman–Crippen LogP) is 2.92. The number of aromatic nitrogens is 1. The van der Waals surface area contributed by atoms with Crippen LogP contribution in [0.4, 0.5) is 8.78 Å². The van der Waals surface area contributed by atoms with Crippen LogP contribution in [0.2, 0.25) is 0 Å². The zero-order valence-corrected chi connectivity index (χ0v) is 15.6. The Morgan fingerprint density at radius 1 is 1.29 bits per heavy atom. The van der Waals surface area contributed by atoms with Crippen LogP contribution in [-0.2, 0) is 11.3 Å². The lowest BCUT2D eigenvalue weighted by Gasteiger charge is -2.39. The molecule has 4 rings (SSSR count). The highest BCUT2D eigenvalue weighted by atomic mass is 19.2. The zero-order chi connectivity index (χ0) is 19.9. The molecule has 0 N–H and O–H groups in total. The Bertz CT molecular complexity index is 929. The molecule has 2 aliphatic rings. The molecule has 8 heteroatoms. The fraction of sp³-hybridized carbons (Fsp3) is 0.450. The smallest absolute Gasteiger partial charge is 0.291 e. The van der Waals surface area contributed by atoms with Crippen molar-refractivity contribution in [3.8, 4) is 0 Å². The number of aryl methyl sites for hydroxylation is 1. The van der Waals surface area contributed by atoms with Gasteiger partial charge in [0.2, 0.25) is 11.7 Å². The van der Waals surface area contributed by atoms with Crippen molar-refractivity contribution >= 4 is 11.8 Å². The molecule has 1 aromatic carbocycles. The van der Waals surface area contributed by atoms with E-state index in [0.717, 1.165) is 12.5 Å². The molecule has 3 heterocycles. The summed E-state index contributed by atoms with van der Waals surface area (Å²) >= 11 is 0. The number of hydrogen-bond acceptors (Lipinski definition) is 4. The van der Waals surface area contributed by atoms with E-state index in [0.29, 0.717) is 38.2 Å². The molecule has 0 radical (unpaired) electrons. The number of likely N-dealkylation sites (tertiary alicyclic amines) is 2. The Labute approximate surface area is 161 Å². The van der Waals surface area contributed by atoms with Crippen molar-refractivity contribution < 1.29 is 22.8 Å². The molecule has 6 nitrogen and oxygen atoms in total. The third-order valence-electron chi connectivity index (χ3n) is 5.80. The monoisotopic (exact) mass is 389 g/mol. The van der Waals surface area contributed by atoms with Gasteiger partial charge in [-0.1, -0.05) is 12.1 Å². The van der Waals surface area contributed by atoms with Crippen LogP contribution >= 0.6 is 0 Å². The Balaban J connectivity index is 1.51. The molecule has 2 fully saturated rings. The molecule has 2 aromatic rings. The molecular weight excluding hydrogens is 368 g/mol. The summed E-state index contributed by atoms with van der Waals surface area (Å²) in [6, 6.07) is 3.99. The van der Waals surface area contributed by atoms with Crippen molar-refractivity contribution in [1.29, 1.82) is 0 Å². The summed E-state index contributed by atoms with van der Waals surface area (Å²) in [5, 5.41) is 0. The number of hydrogen-bond donors (Lipinski definition) is 0. The van der Waals surface area contributed by atoms with Gasteiger partial charge in [-0.2, -0.15) is 0 Å². The van der Waals surface area contributed by atoms with E-state index in [1.807, 2.05) is 0 Å². The molecule has 2 saturated heterocycles. The van der Waals surface area contributed by atoms with Gasteiger partial charge in [-0.25, -0.2) is 13.8 Å². The number of amides is 2. The Morgan fingerprint density at radius 3 is 2.86 bits per heavy atom. The number of carbonyl (C=O) groups excluding carboxylic acids is 2. The van der Waals surface area contributed by atoms with Gasteiger partial charge in [0.25, 0.3) is 5.91 Å². The quantitative estimate of drug-likeness (QED) is 0.810. The second-order valence-corrected chi connectivity index (χ2v) is 7.57. The van der Waals surface area contributed by atoms with Crippen LogP contribution in [0.5, 0.6) is 0 Å². The van der Waals surface area contributed by atoms with Gasteiger partial charge in [-0.05, 0) is 32.3 Å². The van der Waals surface area contributed by atoms with Crippen molar-refractivity contribution in [2.45, 2.75) is 32.7 Å². The standard InChI is InChI=1S/C20H21F2N3O3/c1-13-17(28-12-23-13)18(26)25-9-7-20(11-25)6-3-8-24(19(20)27)10-14-4-2-5-15(21)16(14)22/h2,4-5,12H,3,6-11H2,1H3/t20-/m1/s1. The number of rotatable bonds is 3. The maximum atomic E-state index is 14.0. The first-order valence-electron chi connectivity index (χ1n) is 9.33. The topological polar surface area (TPSA) is 66.7 Å². The second kappa shape index (κ2) is 7.00. The summed E-state index contributed by atoms with van der Waals surface area (Å²) in [4.78, 5) is 33.0. The minimum Gasteiger partial charge on any atom is -0.438 e. The van der Waals surface area contributed by atoms with Crippen LogP contribution < -0.4 is 0 Å². The third kappa shape index (κ3) is 3.06. The zero-order valence-electron chi connectivity index (χ0n) is 15.6. The van der Waals surface area contributed by atoms with Gasteiger partial charge in [-0.15, -0.1) is 0 Å². The minimum absolute atomic E-state index is 0.0271. The molecule has 0 unspecified atom stereocenters. The van der Waals surface area contributed by atoms with Crippen molar-refractivity contribution in [3.63, 3.8) is 0 Å². The van der Waals surface area contributed by atoms with Crippen LogP contribution in [0, 0.1) is 24.0 Å². The summed E-state index contributed by atoms with van der Waals surface area (Å²) in [7, 11) is 0. The molecule has 2 aliphatic heterocycles. The van der Waals surface area contributed by atoms with E-state index < -0.39 is 17.0 Å². The molecule has 2 amide bonds. The third-order valence-corrected chi connectivity index (χ3v) is 5.80. The summed E-state index contributed by atoms with van der Waals surface area (Å²) in [6.07, 6.45) is 3.21.